The van der Waals surface area contributed by atoms with E-state index in [4.69, 9.17) is 5.11 Å². The first-order valence-corrected chi connectivity index (χ1v) is 7.96. The summed E-state index contributed by atoms with van der Waals surface area (Å²) in [6, 6.07) is 2.96. The van der Waals surface area contributed by atoms with Gasteiger partial charge in [0.15, 0.2) is 0 Å². The second-order valence-electron chi connectivity index (χ2n) is 5.89. The summed E-state index contributed by atoms with van der Waals surface area (Å²) >= 11 is 1.34. The Labute approximate surface area is 129 Å². The van der Waals surface area contributed by atoms with Crippen LogP contribution in [0.4, 0.5) is 0 Å². The van der Waals surface area contributed by atoms with Crippen molar-refractivity contribution in [2.45, 2.75) is 39.7 Å². The summed E-state index contributed by atoms with van der Waals surface area (Å²) in [5.41, 5.74) is -0.121. The van der Waals surface area contributed by atoms with Crippen molar-refractivity contribution in [3.63, 3.8) is 0 Å². The molecule has 0 fully saturated rings. The van der Waals surface area contributed by atoms with Crippen LogP contribution in [-0.4, -0.2) is 36.1 Å². The van der Waals surface area contributed by atoms with Gasteiger partial charge in [0.2, 0.25) is 5.91 Å². The van der Waals surface area contributed by atoms with E-state index in [1.807, 2.05) is 19.2 Å². The average molecular weight is 312 g/mol. The van der Waals surface area contributed by atoms with Crippen LogP contribution < -0.4 is 10.6 Å². The van der Waals surface area contributed by atoms with E-state index in [-0.39, 0.29) is 23.8 Å². The highest BCUT2D eigenvalue weighted by atomic mass is 32.1. The minimum atomic E-state index is -0.564. The molecule has 0 spiro atoms. The third kappa shape index (κ3) is 6.27. The summed E-state index contributed by atoms with van der Waals surface area (Å²) in [5, 5.41) is 16.4. The molecule has 5 nitrogen and oxygen atoms in total. The summed E-state index contributed by atoms with van der Waals surface area (Å²) in [5.74, 6) is -0.421. The number of rotatable bonds is 8. The molecule has 1 heterocycles. The fourth-order valence-electron chi connectivity index (χ4n) is 1.75. The number of hydrogen-bond acceptors (Lipinski definition) is 4. The topological polar surface area (TPSA) is 78.4 Å². The van der Waals surface area contributed by atoms with Crippen LogP contribution in [0.25, 0.3) is 0 Å². The van der Waals surface area contributed by atoms with Crippen LogP contribution in [0.5, 0.6) is 0 Å². The SMILES string of the molecule is CC(NC(=O)c1cccs1)C(=O)NCCCC(C)(C)CO. The number of nitrogens with one attached hydrogen (secondary N) is 2. The van der Waals surface area contributed by atoms with E-state index in [1.165, 1.54) is 11.3 Å². The zero-order chi connectivity index (χ0) is 15.9. The van der Waals surface area contributed by atoms with Crippen LogP contribution in [0.1, 0.15) is 43.3 Å². The van der Waals surface area contributed by atoms with Crippen molar-refractivity contribution in [2.75, 3.05) is 13.2 Å². The van der Waals surface area contributed by atoms with Crippen molar-refractivity contribution in [3.05, 3.63) is 22.4 Å². The molecule has 0 aliphatic carbocycles. The number of amides is 2. The normalized spacial score (nSPS) is 12.8. The second kappa shape index (κ2) is 8.14. The van der Waals surface area contributed by atoms with Gasteiger partial charge in [-0.25, -0.2) is 0 Å². The van der Waals surface area contributed by atoms with Crippen molar-refractivity contribution >= 4 is 23.2 Å². The molecule has 0 radical (unpaired) electrons. The fraction of sp³-hybridized carbons (Fsp3) is 0.600. The Bertz CT molecular complexity index is 457. The Morgan fingerprint density at radius 1 is 1.43 bits per heavy atom. The first kappa shape index (κ1) is 17.7. The molecule has 0 aliphatic heterocycles. The van der Waals surface area contributed by atoms with E-state index in [9.17, 15) is 9.59 Å². The van der Waals surface area contributed by atoms with Crippen molar-refractivity contribution in [1.82, 2.24) is 10.6 Å². The highest BCUT2D eigenvalue weighted by molar-refractivity contribution is 7.12. The van der Waals surface area contributed by atoms with Gasteiger partial charge in [-0.3, -0.25) is 9.59 Å². The standard InChI is InChI=1S/C15H24N2O3S/c1-11(17-14(20)12-6-4-9-21-12)13(19)16-8-5-7-15(2,3)10-18/h4,6,9,11,18H,5,7-8,10H2,1-3H3,(H,16,19)(H,17,20). The molecule has 21 heavy (non-hydrogen) atoms. The lowest BCUT2D eigenvalue weighted by Gasteiger charge is -2.21. The molecule has 0 aromatic carbocycles. The molecule has 0 saturated carbocycles. The largest absolute Gasteiger partial charge is 0.396 e. The van der Waals surface area contributed by atoms with Gasteiger partial charge < -0.3 is 15.7 Å². The van der Waals surface area contributed by atoms with Crippen LogP contribution in [0, 0.1) is 5.41 Å². The molecule has 6 heteroatoms. The molecule has 118 valence electrons. The molecule has 1 aromatic heterocycles. The molecular weight excluding hydrogens is 288 g/mol. The molecule has 1 aromatic rings. The van der Waals surface area contributed by atoms with E-state index in [2.05, 4.69) is 10.6 Å². The van der Waals surface area contributed by atoms with E-state index in [1.54, 1.807) is 19.1 Å². The minimum Gasteiger partial charge on any atom is -0.396 e. The second-order valence-corrected chi connectivity index (χ2v) is 6.84. The van der Waals surface area contributed by atoms with Crippen molar-refractivity contribution in [3.8, 4) is 0 Å². The summed E-state index contributed by atoms with van der Waals surface area (Å²) in [6.07, 6.45) is 1.63. The van der Waals surface area contributed by atoms with Crippen molar-refractivity contribution < 1.29 is 14.7 Å². The van der Waals surface area contributed by atoms with Gasteiger partial charge >= 0.3 is 0 Å². The van der Waals surface area contributed by atoms with Crippen LogP contribution in [-0.2, 0) is 4.79 Å². The molecule has 1 rings (SSSR count). The average Bonchev–Trinajstić information content (AvgIpc) is 2.97. The first-order valence-electron chi connectivity index (χ1n) is 7.09. The number of aliphatic hydroxyl groups excluding tert-OH is 1. The van der Waals surface area contributed by atoms with Crippen LogP contribution in [0.2, 0.25) is 0 Å². The van der Waals surface area contributed by atoms with Crippen LogP contribution >= 0.6 is 11.3 Å². The lowest BCUT2D eigenvalue weighted by molar-refractivity contribution is -0.122. The van der Waals surface area contributed by atoms with Gasteiger partial charge in [0, 0.05) is 13.2 Å². The van der Waals surface area contributed by atoms with Crippen LogP contribution in [0.3, 0.4) is 0 Å². The Hall–Kier alpha value is -1.40. The van der Waals surface area contributed by atoms with Gasteiger partial charge in [-0.1, -0.05) is 19.9 Å². The number of hydrogen-bond donors (Lipinski definition) is 3. The number of carbonyl (C=O) groups excluding carboxylic acids is 2. The molecule has 0 saturated heterocycles. The molecule has 1 atom stereocenters. The van der Waals surface area contributed by atoms with Crippen molar-refractivity contribution in [2.24, 2.45) is 5.41 Å². The smallest absolute Gasteiger partial charge is 0.261 e. The predicted octanol–water partition coefficient (Wildman–Crippen LogP) is 1.78. The maximum Gasteiger partial charge on any atom is 0.261 e. The maximum absolute atomic E-state index is 11.9. The molecular formula is C15H24N2O3S. The van der Waals surface area contributed by atoms with Crippen molar-refractivity contribution in [1.29, 1.82) is 0 Å². The minimum absolute atomic E-state index is 0.121. The van der Waals surface area contributed by atoms with E-state index < -0.39 is 6.04 Å². The highest BCUT2D eigenvalue weighted by Gasteiger charge is 2.18. The quantitative estimate of drug-likeness (QED) is 0.640. The molecule has 3 N–H and O–H groups in total. The predicted molar refractivity (Wildman–Crippen MR) is 84.4 cm³/mol. The highest BCUT2D eigenvalue weighted by Crippen LogP contribution is 2.20. The molecule has 0 aliphatic rings. The van der Waals surface area contributed by atoms with Gasteiger partial charge in [0.25, 0.3) is 5.91 Å². The Kier molecular flexibility index (Phi) is 6.84. The maximum atomic E-state index is 11.9. The Morgan fingerprint density at radius 2 is 2.14 bits per heavy atom. The van der Waals surface area contributed by atoms with Gasteiger partial charge in [0.1, 0.15) is 6.04 Å². The van der Waals surface area contributed by atoms with E-state index in [0.717, 1.165) is 12.8 Å². The number of carbonyl (C=O) groups is 2. The molecule has 0 bridgehead atoms. The van der Waals surface area contributed by atoms with Gasteiger partial charge in [-0.2, -0.15) is 0 Å². The summed E-state index contributed by atoms with van der Waals surface area (Å²) in [7, 11) is 0. The third-order valence-electron chi connectivity index (χ3n) is 3.24. The third-order valence-corrected chi connectivity index (χ3v) is 4.11. The first-order chi connectivity index (χ1) is 9.85. The zero-order valence-corrected chi connectivity index (χ0v) is 13.6. The lowest BCUT2D eigenvalue weighted by Crippen LogP contribution is -2.45. The Morgan fingerprint density at radius 3 is 2.71 bits per heavy atom. The van der Waals surface area contributed by atoms with Gasteiger partial charge in [-0.05, 0) is 36.6 Å². The number of thiophene rings is 1. The summed E-state index contributed by atoms with van der Waals surface area (Å²) in [6.45, 7) is 6.31. The lowest BCUT2D eigenvalue weighted by atomic mass is 9.89. The summed E-state index contributed by atoms with van der Waals surface area (Å²) < 4.78 is 0. The molecule has 1 unspecified atom stereocenters. The summed E-state index contributed by atoms with van der Waals surface area (Å²) in [4.78, 5) is 24.3. The van der Waals surface area contributed by atoms with E-state index in [0.29, 0.717) is 11.4 Å². The van der Waals surface area contributed by atoms with Gasteiger partial charge in [0.05, 0.1) is 4.88 Å². The van der Waals surface area contributed by atoms with Gasteiger partial charge in [-0.15, -0.1) is 11.3 Å². The number of aliphatic hydroxyl groups is 1. The Balaban J connectivity index is 2.27. The monoisotopic (exact) mass is 312 g/mol. The van der Waals surface area contributed by atoms with Crippen LogP contribution in [0.15, 0.2) is 17.5 Å². The fourth-order valence-corrected chi connectivity index (χ4v) is 2.38. The van der Waals surface area contributed by atoms with E-state index >= 15 is 0 Å². The zero-order valence-electron chi connectivity index (χ0n) is 12.8. The molecule has 2 amide bonds.